The summed E-state index contributed by atoms with van der Waals surface area (Å²) in [4.78, 5) is 6.92. The van der Waals surface area contributed by atoms with E-state index in [1.54, 1.807) is 42.5 Å². The van der Waals surface area contributed by atoms with E-state index in [2.05, 4.69) is 27.1 Å². The number of allylic oxidation sites excluding steroid dienone is 1. The van der Waals surface area contributed by atoms with Crippen molar-refractivity contribution in [3.05, 3.63) is 78.4 Å². The van der Waals surface area contributed by atoms with Crippen LogP contribution in [-0.2, 0) is 0 Å². The number of rotatable bonds is 4. The van der Waals surface area contributed by atoms with Crippen molar-refractivity contribution in [2.75, 3.05) is 5.73 Å². The monoisotopic (exact) mass is 432 g/mol. The summed E-state index contributed by atoms with van der Waals surface area (Å²) >= 11 is 0. The average molecular weight is 432 g/mol. The Morgan fingerprint density at radius 1 is 1.20 bits per heavy atom. The number of fused-ring (bicyclic) bond motifs is 1. The first-order chi connectivity index (χ1) is 13.9. The maximum Gasteiger partial charge on any atom is 1.00 e. The van der Waals surface area contributed by atoms with Gasteiger partial charge in [0.2, 0.25) is 5.89 Å². The summed E-state index contributed by atoms with van der Waals surface area (Å²) in [5.41, 5.74) is 9.51. The Kier molecular flexibility index (Phi) is 8.44. The van der Waals surface area contributed by atoms with Gasteiger partial charge in [-0.1, -0.05) is 6.07 Å². The molecule has 2 aromatic carbocycles. The van der Waals surface area contributed by atoms with Gasteiger partial charge in [-0.2, -0.15) is 33.4 Å². The van der Waals surface area contributed by atoms with E-state index in [4.69, 9.17) is 22.1 Å². The molecule has 0 aliphatic heterocycles. The number of nitrogens with zero attached hydrogens (tertiary/aromatic N) is 4. The second-order valence-corrected chi connectivity index (χ2v) is 5.88. The molecule has 0 unspecified atom stereocenters. The van der Waals surface area contributed by atoms with Gasteiger partial charge in [-0.05, 0) is 6.07 Å². The Morgan fingerprint density at radius 3 is 2.50 bits per heavy atom. The summed E-state index contributed by atoms with van der Waals surface area (Å²) in [7, 11) is 0. The summed E-state index contributed by atoms with van der Waals surface area (Å²) in [6, 6.07) is 12.2. The maximum atomic E-state index is 12.2. The topological polar surface area (TPSA) is 116 Å². The fourth-order valence-electron chi connectivity index (χ4n) is 2.37. The van der Waals surface area contributed by atoms with Gasteiger partial charge in [0.1, 0.15) is 0 Å². The van der Waals surface area contributed by atoms with Gasteiger partial charge in [-0.25, -0.2) is 17.1 Å². The van der Waals surface area contributed by atoms with Crippen molar-refractivity contribution in [2.45, 2.75) is 6.43 Å². The van der Waals surface area contributed by atoms with Crippen LogP contribution >= 0.6 is 0 Å². The molecule has 10 heteroatoms. The summed E-state index contributed by atoms with van der Waals surface area (Å²) in [6.45, 7) is 9.24. The molecule has 4 aromatic rings. The Hall–Kier alpha value is -2.37. The van der Waals surface area contributed by atoms with Gasteiger partial charge < -0.3 is 26.8 Å². The largest absolute Gasteiger partial charge is 1.00 e. The fraction of sp³-hybridized carbons (Fsp3) is 0.0500. The molecular weight excluding hydrogens is 417 g/mol. The van der Waals surface area contributed by atoms with E-state index in [-0.39, 0.29) is 57.3 Å². The van der Waals surface area contributed by atoms with E-state index in [0.29, 0.717) is 17.1 Å². The molecule has 0 bridgehead atoms. The molecule has 30 heavy (non-hydrogen) atoms. The average Bonchev–Trinajstić information content (AvgIpc) is 3.34. The first-order valence-corrected chi connectivity index (χ1v) is 8.26. The Morgan fingerprint density at radius 2 is 1.90 bits per heavy atom. The van der Waals surface area contributed by atoms with Gasteiger partial charge in [-0.15, -0.1) is 34.0 Å². The van der Waals surface area contributed by atoms with Crippen molar-refractivity contribution >= 4 is 28.8 Å². The predicted octanol–water partition coefficient (Wildman–Crippen LogP) is 1.46. The number of nitrogens with two attached hydrogens (primary N) is 1. The second-order valence-electron chi connectivity index (χ2n) is 5.88. The summed E-state index contributed by atoms with van der Waals surface area (Å²) < 4.78 is 29.1. The van der Waals surface area contributed by atoms with Gasteiger partial charge in [0.05, 0.1) is 11.0 Å². The number of nitrogens with one attached hydrogen (secondary N) is 1. The number of alkyl halides is 2. The number of aromatic amines is 1. The van der Waals surface area contributed by atoms with Crippen LogP contribution in [-0.4, -0.2) is 26.4 Å². The molecule has 0 saturated carbocycles. The number of H-pyrrole nitrogens is 1. The molecule has 0 spiro atoms. The normalized spacial score (nSPS) is 10.2. The molecule has 0 radical (unpaired) electrons. The third-order valence-corrected chi connectivity index (χ3v) is 3.80. The number of halogens is 2. The van der Waals surface area contributed by atoms with Crippen LogP contribution in [0.3, 0.4) is 0 Å². The van der Waals surface area contributed by atoms with Crippen molar-refractivity contribution in [3.8, 4) is 11.5 Å². The van der Waals surface area contributed by atoms with Crippen LogP contribution < -0.4 is 57.1 Å². The van der Waals surface area contributed by atoms with Gasteiger partial charge in [0.25, 0.3) is 5.89 Å². The quantitative estimate of drug-likeness (QED) is 0.288. The van der Waals surface area contributed by atoms with E-state index in [1.165, 1.54) is 0 Å². The predicted molar refractivity (Wildman–Crippen MR) is 107 cm³/mol. The molecular formula is C20H15F2KN6O-2. The number of benzene rings is 2. The van der Waals surface area contributed by atoms with Crippen LogP contribution in [0, 0.1) is 13.5 Å². The van der Waals surface area contributed by atoms with Crippen molar-refractivity contribution in [3.63, 3.8) is 0 Å². The molecule has 3 N–H and O–H groups in total. The van der Waals surface area contributed by atoms with Gasteiger partial charge >= 0.3 is 57.8 Å². The van der Waals surface area contributed by atoms with Gasteiger partial charge in [0, 0.05) is 5.56 Å². The van der Waals surface area contributed by atoms with Crippen LogP contribution in [0.4, 0.5) is 14.7 Å². The van der Waals surface area contributed by atoms with Crippen molar-refractivity contribution < 1.29 is 64.6 Å². The van der Waals surface area contributed by atoms with E-state index < -0.39 is 12.3 Å². The number of nitrogen functional groups attached to an aromatic ring is 1. The molecule has 0 fully saturated rings. The number of aromatic nitrogens is 4. The maximum absolute atomic E-state index is 12.2. The molecule has 0 atom stereocenters. The third kappa shape index (κ3) is 5.83. The molecule has 2 heterocycles. The van der Waals surface area contributed by atoms with Crippen molar-refractivity contribution in [1.82, 2.24) is 20.2 Å². The van der Waals surface area contributed by atoms with Crippen molar-refractivity contribution in [1.29, 1.82) is 0 Å². The zero-order chi connectivity index (χ0) is 21.0. The second kappa shape index (κ2) is 10.6. The molecule has 0 amide bonds. The molecule has 7 nitrogen and oxygen atoms in total. The third-order valence-electron chi connectivity index (χ3n) is 3.80. The van der Waals surface area contributed by atoms with Gasteiger partial charge in [-0.3, -0.25) is 0 Å². The molecule has 0 aliphatic rings. The van der Waals surface area contributed by atoms with Gasteiger partial charge in [0.15, 0.2) is 5.95 Å². The first kappa shape index (κ1) is 23.9. The minimum Gasteiger partial charge on any atom is -0.879 e. The standard InChI is InChI=1S/C10H7F2N2O.C10H8N4.K/c1-6-2-4-7(5-3-6)9-13-14-10(15-9)8(11)12;1-6(5-11)7-2-3-8-9(4-7)14-10(12)13-8;/h2-5,8H,1H2;1-5H,(H3,12,13,14);/q-1;-2;+1. The molecule has 148 valence electrons. The zero-order valence-corrected chi connectivity index (χ0v) is 19.1. The van der Waals surface area contributed by atoms with Crippen LogP contribution in [0.2, 0.25) is 0 Å². The molecule has 2 aromatic heterocycles. The van der Waals surface area contributed by atoms with Crippen LogP contribution in [0.25, 0.3) is 33.5 Å². The Labute approximate surface area is 213 Å². The number of hydrogen-bond donors (Lipinski definition) is 2. The Bertz CT molecular complexity index is 1150. The Balaban J connectivity index is 0.000000207. The van der Waals surface area contributed by atoms with E-state index in [1.807, 2.05) is 0 Å². The number of anilines is 1. The van der Waals surface area contributed by atoms with Crippen LogP contribution in [0.15, 0.2) is 46.9 Å². The van der Waals surface area contributed by atoms with Crippen LogP contribution in [0.5, 0.6) is 0 Å². The number of imidazole rings is 1. The first-order valence-electron chi connectivity index (χ1n) is 8.26. The summed E-state index contributed by atoms with van der Waals surface area (Å²) in [5.74, 6) is -0.210. The minimum absolute atomic E-state index is 0. The van der Waals surface area contributed by atoms with E-state index >= 15 is 0 Å². The minimum atomic E-state index is -2.74. The molecule has 0 aliphatic carbocycles. The smallest absolute Gasteiger partial charge is 0.879 e. The van der Waals surface area contributed by atoms with Crippen LogP contribution in [0.1, 0.15) is 23.4 Å². The summed E-state index contributed by atoms with van der Waals surface area (Å²) in [5, 5.41) is 15.5. The number of hydrogen-bond acceptors (Lipinski definition) is 5. The molecule has 4 rings (SSSR count). The van der Waals surface area contributed by atoms with Crippen molar-refractivity contribution in [2.24, 2.45) is 0 Å². The SMILES string of the molecule is [CH-]=C(C=[N-])c1ccc2nc(N)[nH]c2c1.[CH2-]c1ccc(-c2nnc(C(F)F)o2)cc1.[K+]. The fourth-order valence-corrected chi connectivity index (χ4v) is 2.37. The van der Waals surface area contributed by atoms with E-state index in [9.17, 15) is 8.78 Å². The summed E-state index contributed by atoms with van der Waals surface area (Å²) in [6.07, 6.45) is -1.88. The van der Waals surface area contributed by atoms with E-state index in [0.717, 1.165) is 28.4 Å². The molecule has 0 saturated heterocycles. The zero-order valence-electron chi connectivity index (χ0n) is 16.0.